The maximum absolute atomic E-state index is 12.9. The van der Waals surface area contributed by atoms with Crippen LogP contribution in [0.2, 0.25) is 0 Å². The van der Waals surface area contributed by atoms with Crippen LogP contribution in [-0.4, -0.2) is 52.7 Å². The Balaban J connectivity index is 2.26. The van der Waals surface area contributed by atoms with Gasteiger partial charge in [0.2, 0.25) is 0 Å². The summed E-state index contributed by atoms with van der Waals surface area (Å²) in [6.45, 7) is 0.687. The van der Waals surface area contributed by atoms with Crippen molar-refractivity contribution in [3.05, 3.63) is 0 Å². The number of likely N-dealkylation sites (N-methyl/N-ethyl adjacent to an activating group) is 1. The molecule has 0 aromatic heterocycles. The molecule has 0 amide bonds. The number of alkyl halides is 2. The molecule has 2 N–H and O–H groups in total. The zero-order chi connectivity index (χ0) is 12.2. The number of β-amino-alcohol motifs (C(OH)–C–C–N with tert-alkyl or cyclic N) is 1. The number of aliphatic hydroxyl groups is 1. The molecule has 1 aliphatic heterocycles. The van der Waals surface area contributed by atoms with Gasteiger partial charge in [0.05, 0.1) is 5.60 Å². The summed E-state index contributed by atoms with van der Waals surface area (Å²) in [6.07, 6.45) is -1.26. The topological polar surface area (TPSA) is 60.8 Å². The molecule has 2 fully saturated rings. The van der Waals surface area contributed by atoms with E-state index in [9.17, 15) is 18.7 Å². The lowest BCUT2D eigenvalue weighted by molar-refractivity contribution is -0.240. The number of halogens is 2. The van der Waals surface area contributed by atoms with Crippen molar-refractivity contribution < 1.29 is 23.8 Å². The minimum absolute atomic E-state index is 0.148. The van der Waals surface area contributed by atoms with E-state index in [1.54, 1.807) is 11.9 Å². The van der Waals surface area contributed by atoms with Gasteiger partial charge in [-0.3, -0.25) is 4.79 Å². The summed E-state index contributed by atoms with van der Waals surface area (Å²) in [4.78, 5) is 12.9. The van der Waals surface area contributed by atoms with Crippen molar-refractivity contribution in [1.82, 2.24) is 4.90 Å². The fourth-order valence-electron chi connectivity index (χ4n) is 2.88. The van der Waals surface area contributed by atoms with E-state index in [-0.39, 0.29) is 13.0 Å². The standard InChI is InChI=1S/C10H15F2NO3/c1-13-3-2-9(16,6-13)8(7(14)15)4-10(11,12)5-8/h16H,2-6H2,1H3,(H,14,15). The number of hydrogen-bond acceptors (Lipinski definition) is 3. The van der Waals surface area contributed by atoms with E-state index in [4.69, 9.17) is 5.11 Å². The van der Waals surface area contributed by atoms with Crippen molar-refractivity contribution in [2.75, 3.05) is 20.1 Å². The zero-order valence-electron chi connectivity index (χ0n) is 9.04. The molecule has 16 heavy (non-hydrogen) atoms. The van der Waals surface area contributed by atoms with E-state index >= 15 is 0 Å². The Morgan fingerprint density at radius 3 is 2.25 bits per heavy atom. The lowest BCUT2D eigenvalue weighted by atomic mass is 9.56. The highest BCUT2D eigenvalue weighted by atomic mass is 19.3. The maximum atomic E-state index is 12.9. The van der Waals surface area contributed by atoms with Crippen LogP contribution in [0.15, 0.2) is 0 Å². The van der Waals surface area contributed by atoms with Gasteiger partial charge in [0.15, 0.2) is 0 Å². The Morgan fingerprint density at radius 2 is 1.94 bits per heavy atom. The third-order valence-electron chi connectivity index (χ3n) is 3.86. The molecule has 1 atom stereocenters. The van der Waals surface area contributed by atoms with Crippen LogP contribution in [0.1, 0.15) is 19.3 Å². The monoisotopic (exact) mass is 235 g/mol. The Bertz CT molecular complexity index is 326. The number of carboxylic acids is 1. The van der Waals surface area contributed by atoms with Gasteiger partial charge in [0, 0.05) is 25.9 Å². The fraction of sp³-hybridized carbons (Fsp3) is 0.900. The molecule has 0 aromatic rings. The number of carboxylic acid groups (broad SMARTS) is 1. The van der Waals surface area contributed by atoms with Crippen LogP contribution in [0.4, 0.5) is 8.78 Å². The smallest absolute Gasteiger partial charge is 0.313 e. The lowest BCUT2D eigenvalue weighted by Gasteiger charge is -2.51. The van der Waals surface area contributed by atoms with Crippen LogP contribution in [0.3, 0.4) is 0 Å². The van der Waals surface area contributed by atoms with Crippen molar-refractivity contribution >= 4 is 5.97 Å². The van der Waals surface area contributed by atoms with Crippen molar-refractivity contribution in [2.45, 2.75) is 30.8 Å². The van der Waals surface area contributed by atoms with Gasteiger partial charge in [-0.05, 0) is 13.5 Å². The van der Waals surface area contributed by atoms with Crippen molar-refractivity contribution in [3.63, 3.8) is 0 Å². The number of carbonyl (C=O) groups is 1. The second-order valence-corrected chi connectivity index (χ2v) is 5.12. The molecule has 6 heteroatoms. The fourth-order valence-corrected chi connectivity index (χ4v) is 2.88. The summed E-state index contributed by atoms with van der Waals surface area (Å²) < 4.78 is 25.9. The SMILES string of the molecule is CN1CCC(O)(C2(C(=O)O)CC(F)(F)C2)C1. The molecule has 0 bridgehead atoms. The average molecular weight is 235 g/mol. The molecule has 1 heterocycles. The van der Waals surface area contributed by atoms with Crippen LogP contribution >= 0.6 is 0 Å². The first-order valence-electron chi connectivity index (χ1n) is 5.23. The first-order valence-corrected chi connectivity index (χ1v) is 5.23. The number of likely N-dealkylation sites (tertiary alicyclic amines) is 1. The summed E-state index contributed by atoms with van der Waals surface area (Å²) >= 11 is 0. The van der Waals surface area contributed by atoms with E-state index in [0.717, 1.165) is 0 Å². The minimum atomic E-state index is -2.95. The minimum Gasteiger partial charge on any atom is -0.481 e. The number of hydrogen-bond donors (Lipinski definition) is 2. The lowest BCUT2D eigenvalue weighted by Crippen LogP contribution is -2.65. The zero-order valence-corrected chi connectivity index (χ0v) is 9.04. The number of rotatable bonds is 2. The van der Waals surface area contributed by atoms with Gasteiger partial charge in [0.1, 0.15) is 5.41 Å². The van der Waals surface area contributed by atoms with E-state index < -0.39 is 35.7 Å². The molecular formula is C10H15F2NO3. The van der Waals surface area contributed by atoms with Gasteiger partial charge in [0.25, 0.3) is 5.92 Å². The van der Waals surface area contributed by atoms with Gasteiger partial charge in [-0.15, -0.1) is 0 Å². The molecule has 0 radical (unpaired) electrons. The van der Waals surface area contributed by atoms with Crippen molar-refractivity contribution in [2.24, 2.45) is 5.41 Å². The van der Waals surface area contributed by atoms with E-state index in [0.29, 0.717) is 6.54 Å². The van der Waals surface area contributed by atoms with Gasteiger partial charge >= 0.3 is 5.97 Å². The summed E-state index contributed by atoms with van der Waals surface area (Å²) in [6, 6.07) is 0. The third-order valence-corrected chi connectivity index (χ3v) is 3.86. The Labute approximate surface area is 91.9 Å². The summed E-state index contributed by atoms with van der Waals surface area (Å²) in [5.74, 6) is -4.26. The molecule has 92 valence electrons. The van der Waals surface area contributed by atoms with Crippen LogP contribution in [-0.2, 0) is 4.79 Å². The highest BCUT2D eigenvalue weighted by Crippen LogP contribution is 2.59. The van der Waals surface area contributed by atoms with E-state index in [1.807, 2.05) is 0 Å². The quantitative estimate of drug-likeness (QED) is 0.734. The molecule has 0 spiro atoms. The average Bonchev–Trinajstić information content (AvgIpc) is 2.42. The predicted octanol–water partition coefficient (Wildman–Crippen LogP) is 0.553. The largest absolute Gasteiger partial charge is 0.481 e. The summed E-state index contributed by atoms with van der Waals surface area (Å²) in [5, 5.41) is 19.4. The van der Waals surface area contributed by atoms with Crippen LogP contribution in [0.25, 0.3) is 0 Å². The predicted molar refractivity (Wildman–Crippen MR) is 51.3 cm³/mol. The van der Waals surface area contributed by atoms with Gasteiger partial charge < -0.3 is 15.1 Å². The Morgan fingerprint density at radius 1 is 1.38 bits per heavy atom. The molecule has 0 aromatic carbocycles. The Hall–Kier alpha value is -0.750. The first-order chi connectivity index (χ1) is 7.21. The number of aliphatic carboxylic acids is 1. The van der Waals surface area contributed by atoms with Crippen LogP contribution in [0.5, 0.6) is 0 Å². The van der Waals surface area contributed by atoms with E-state index in [1.165, 1.54) is 0 Å². The van der Waals surface area contributed by atoms with Gasteiger partial charge in [-0.1, -0.05) is 0 Å². The molecule has 1 saturated heterocycles. The summed E-state index contributed by atoms with van der Waals surface area (Å²) in [7, 11) is 1.74. The second-order valence-electron chi connectivity index (χ2n) is 5.12. The van der Waals surface area contributed by atoms with E-state index in [2.05, 4.69) is 0 Å². The second kappa shape index (κ2) is 3.13. The van der Waals surface area contributed by atoms with Crippen molar-refractivity contribution in [1.29, 1.82) is 0 Å². The molecule has 2 aliphatic rings. The third kappa shape index (κ3) is 1.43. The number of nitrogens with zero attached hydrogens (tertiary/aromatic N) is 1. The normalized spacial score (nSPS) is 37.0. The summed E-state index contributed by atoms with van der Waals surface area (Å²) in [5.41, 5.74) is -3.18. The van der Waals surface area contributed by atoms with Crippen LogP contribution < -0.4 is 0 Å². The highest BCUT2D eigenvalue weighted by Gasteiger charge is 2.71. The first kappa shape index (κ1) is 11.7. The van der Waals surface area contributed by atoms with Crippen molar-refractivity contribution in [3.8, 4) is 0 Å². The van der Waals surface area contributed by atoms with Crippen LogP contribution in [0, 0.1) is 5.41 Å². The van der Waals surface area contributed by atoms with Gasteiger partial charge in [-0.25, -0.2) is 8.78 Å². The molecule has 4 nitrogen and oxygen atoms in total. The molecule has 1 aliphatic carbocycles. The molecule has 1 saturated carbocycles. The maximum Gasteiger partial charge on any atom is 0.313 e. The molecule has 1 unspecified atom stereocenters. The highest BCUT2D eigenvalue weighted by molar-refractivity contribution is 5.78. The Kier molecular flexibility index (Phi) is 2.30. The molecular weight excluding hydrogens is 220 g/mol. The van der Waals surface area contributed by atoms with Gasteiger partial charge in [-0.2, -0.15) is 0 Å². The molecule has 2 rings (SSSR count).